The van der Waals surface area contributed by atoms with E-state index in [1.807, 2.05) is 25.1 Å². The normalized spacial score (nSPS) is 18.4. The molecular weight excluding hydrogens is 268 g/mol. The number of likely N-dealkylation sites (N-methyl/N-ethyl adjacent to an activating group) is 1. The van der Waals surface area contributed by atoms with Gasteiger partial charge in [-0.15, -0.1) is 0 Å². The first-order valence-corrected chi connectivity index (χ1v) is 7.30. The summed E-state index contributed by atoms with van der Waals surface area (Å²) in [5.41, 5.74) is 2.08. The van der Waals surface area contributed by atoms with Crippen molar-refractivity contribution in [2.75, 3.05) is 40.3 Å². The molecule has 1 N–H and O–H groups in total. The molecule has 21 heavy (non-hydrogen) atoms. The molecule has 0 spiro atoms. The molecule has 1 aromatic rings. The van der Waals surface area contributed by atoms with Crippen LogP contribution in [0.1, 0.15) is 11.1 Å². The van der Waals surface area contributed by atoms with Gasteiger partial charge in [0.25, 0.3) is 0 Å². The topological polar surface area (TPSA) is 53.0 Å². The number of carbonyl (C=O) groups is 1. The monoisotopic (exact) mass is 292 g/mol. The van der Waals surface area contributed by atoms with Gasteiger partial charge in [0.2, 0.25) is 0 Å². The lowest BCUT2D eigenvalue weighted by molar-refractivity contribution is -0.144. The molecule has 1 atom stereocenters. The Morgan fingerprint density at radius 1 is 1.33 bits per heavy atom. The minimum Gasteiger partial charge on any atom is -0.496 e. The van der Waals surface area contributed by atoms with Crippen LogP contribution in [0.15, 0.2) is 18.2 Å². The molecule has 1 saturated heterocycles. The smallest absolute Gasteiger partial charge is 0.321 e. The molecule has 1 heterocycles. The zero-order valence-corrected chi connectivity index (χ0v) is 13.0. The highest BCUT2D eigenvalue weighted by Crippen LogP contribution is 2.23. The van der Waals surface area contributed by atoms with Crippen LogP contribution in [0, 0.1) is 6.92 Å². The number of rotatable bonds is 5. The minimum absolute atomic E-state index is 0.476. The van der Waals surface area contributed by atoms with Crippen molar-refractivity contribution in [2.45, 2.75) is 19.4 Å². The summed E-state index contributed by atoms with van der Waals surface area (Å²) in [5, 5.41) is 9.59. The van der Waals surface area contributed by atoms with Gasteiger partial charge in [0.1, 0.15) is 11.8 Å². The lowest BCUT2D eigenvalue weighted by Crippen LogP contribution is -2.52. The summed E-state index contributed by atoms with van der Waals surface area (Å²) in [6.07, 6.45) is 0.476. The molecule has 1 aliphatic rings. The maximum Gasteiger partial charge on any atom is 0.321 e. The third-order valence-electron chi connectivity index (χ3n) is 4.11. The molecule has 2 rings (SSSR count). The molecule has 0 bridgehead atoms. The molecule has 1 aliphatic heterocycles. The van der Waals surface area contributed by atoms with E-state index in [2.05, 4.69) is 16.8 Å². The van der Waals surface area contributed by atoms with Crippen LogP contribution in [-0.4, -0.2) is 67.3 Å². The number of carboxylic acids is 1. The Morgan fingerprint density at radius 2 is 2.00 bits per heavy atom. The van der Waals surface area contributed by atoms with Gasteiger partial charge >= 0.3 is 5.97 Å². The van der Waals surface area contributed by atoms with Crippen molar-refractivity contribution in [2.24, 2.45) is 0 Å². The minimum atomic E-state index is -0.761. The number of hydrogen-bond donors (Lipinski definition) is 1. The third kappa shape index (κ3) is 3.95. The maximum absolute atomic E-state index is 11.7. The maximum atomic E-state index is 11.7. The fourth-order valence-corrected chi connectivity index (χ4v) is 2.78. The van der Waals surface area contributed by atoms with Crippen LogP contribution in [0.25, 0.3) is 0 Å². The van der Waals surface area contributed by atoms with Gasteiger partial charge in [0.15, 0.2) is 0 Å². The molecule has 1 fully saturated rings. The molecule has 1 aromatic carbocycles. The fraction of sp³-hybridized carbons (Fsp3) is 0.562. The van der Waals surface area contributed by atoms with Gasteiger partial charge in [-0.25, -0.2) is 0 Å². The highest BCUT2D eigenvalue weighted by molar-refractivity contribution is 5.74. The summed E-state index contributed by atoms with van der Waals surface area (Å²) in [4.78, 5) is 16.0. The van der Waals surface area contributed by atoms with E-state index in [4.69, 9.17) is 4.74 Å². The number of aryl methyl sites for hydroxylation is 1. The zero-order valence-electron chi connectivity index (χ0n) is 13.0. The van der Waals surface area contributed by atoms with E-state index in [0.717, 1.165) is 43.1 Å². The number of hydrogen-bond acceptors (Lipinski definition) is 4. The van der Waals surface area contributed by atoms with Crippen molar-refractivity contribution < 1.29 is 14.6 Å². The first-order valence-electron chi connectivity index (χ1n) is 7.30. The Balaban J connectivity index is 2.16. The van der Waals surface area contributed by atoms with Crippen molar-refractivity contribution >= 4 is 5.97 Å². The lowest BCUT2D eigenvalue weighted by atomic mass is 10.0. The van der Waals surface area contributed by atoms with Crippen molar-refractivity contribution in [1.29, 1.82) is 0 Å². The second-order valence-electron chi connectivity index (χ2n) is 5.71. The fourth-order valence-electron chi connectivity index (χ4n) is 2.78. The molecule has 0 aliphatic carbocycles. The molecule has 0 aromatic heterocycles. The molecule has 116 valence electrons. The van der Waals surface area contributed by atoms with E-state index in [0.29, 0.717) is 6.42 Å². The number of piperazine rings is 1. The molecular formula is C16H24N2O3. The van der Waals surface area contributed by atoms with Gasteiger partial charge in [-0.2, -0.15) is 0 Å². The van der Waals surface area contributed by atoms with Crippen LogP contribution < -0.4 is 4.74 Å². The van der Waals surface area contributed by atoms with E-state index >= 15 is 0 Å². The van der Waals surface area contributed by atoms with E-state index in [-0.39, 0.29) is 0 Å². The van der Waals surface area contributed by atoms with E-state index in [1.54, 1.807) is 7.11 Å². The number of ether oxygens (including phenoxy) is 1. The molecule has 0 radical (unpaired) electrons. The first-order chi connectivity index (χ1) is 10.0. The first kappa shape index (κ1) is 15.8. The van der Waals surface area contributed by atoms with Crippen LogP contribution in [0.3, 0.4) is 0 Å². The largest absolute Gasteiger partial charge is 0.496 e. The van der Waals surface area contributed by atoms with Crippen molar-refractivity contribution in [3.8, 4) is 5.75 Å². The third-order valence-corrected chi connectivity index (χ3v) is 4.11. The summed E-state index contributed by atoms with van der Waals surface area (Å²) in [7, 11) is 3.69. The van der Waals surface area contributed by atoms with Gasteiger partial charge in [-0.3, -0.25) is 9.69 Å². The van der Waals surface area contributed by atoms with E-state index in [9.17, 15) is 9.90 Å². The van der Waals surface area contributed by atoms with Crippen LogP contribution in [0.5, 0.6) is 5.75 Å². The highest BCUT2D eigenvalue weighted by atomic mass is 16.5. The van der Waals surface area contributed by atoms with Crippen molar-refractivity contribution in [3.05, 3.63) is 29.3 Å². The Kier molecular flexibility index (Phi) is 5.20. The number of methoxy groups -OCH3 is 1. The molecule has 5 heteroatoms. The Bertz CT molecular complexity index is 496. The summed E-state index contributed by atoms with van der Waals surface area (Å²) in [6.45, 7) is 5.42. The number of aliphatic carboxylic acids is 1. The molecule has 0 unspecified atom stereocenters. The van der Waals surface area contributed by atoms with Crippen molar-refractivity contribution in [3.63, 3.8) is 0 Å². The number of benzene rings is 1. The lowest BCUT2D eigenvalue weighted by Gasteiger charge is -2.36. The van der Waals surface area contributed by atoms with Crippen LogP contribution in [0.2, 0.25) is 0 Å². The van der Waals surface area contributed by atoms with Crippen molar-refractivity contribution in [1.82, 2.24) is 9.80 Å². The summed E-state index contributed by atoms with van der Waals surface area (Å²) in [5.74, 6) is 0.00379. The predicted octanol–water partition coefficient (Wildman–Crippen LogP) is 1.25. The number of nitrogens with zero attached hydrogens (tertiary/aromatic N) is 2. The van der Waals surface area contributed by atoms with Gasteiger partial charge in [-0.1, -0.05) is 17.7 Å². The summed E-state index contributed by atoms with van der Waals surface area (Å²) < 4.78 is 5.37. The average Bonchev–Trinajstić information content (AvgIpc) is 2.46. The standard InChI is InChI=1S/C16H24N2O3/c1-12-4-5-15(21-3)13(10-12)11-14(16(19)20)18-8-6-17(2)7-9-18/h4-5,10,14H,6-9,11H2,1-3H3,(H,19,20)/t14-/m1/s1. The number of carboxylic acid groups (broad SMARTS) is 1. The SMILES string of the molecule is COc1ccc(C)cc1C[C@H](C(=O)O)N1CCN(C)CC1. The summed E-state index contributed by atoms with van der Waals surface area (Å²) in [6, 6.07) is 5.42. The summed E-state index contributed by atoms with van der Waals surface area (Å²) >= 11 is 0. The van der Waals surface area contributed by atoms with Crippen LogP contribution in [-0.2, 0) is 11.2 Å². The quantitative estimate of drug-likeness (QED) is 0.885. The zero-order chi connectivity index (χ0) is 15.4. The van der Waals surface area contributed by atoms with Gasteiger partial charge in [0, 0.05) is 32.6 Å². The Labute approximate surface area is 126 Å². The van der Waals surface area contributed by atoms with Crippen LogP contribution in [0.4, 0.5) is 0 Å². The van der Waals surface area contributed by atoms with Gasteiger partial charge in [0.05, 0.1) is 7.11 Å². The highest BCUT2D eigenvalue weighted by Gasteiger charge is 2.29. The van der Waals surface area contributed by atoms with Crippen LogP contribution >= 0.6 is 0 Å². The van der Waals surface area contributed by atoms with E-state index < -0.39 is 12.0 Å². The Hall–Kier alpha value is -1.59. The second-order valence-corrected chi connectivity index (χ2v) is 5.71. The molecule has 0 saturated carbocycles. The van der Waals surface area contributed by atoms with E-state index in [1.165, 1.54) is 0 Å². The predicted molar refractivity (Wildman–Crippen MR) is 81.9 cm³/mol. The average molecular weight is 292 g/mol. The Morgan fingerprint density at radius 3 is 2.57 bits per heavy atom. The second kappa shape index (κ2) is 6.91. The van der Waals surface area contributed by atoms with Gasteiger partial charge in [-0.05, 0) is 25.6 Å². The van der Waals surface area contributed by atoms with Gasteiger partial charge < -0.3 is 14.7 Å². The molecule has 5 nitrogen and oxygen atoms in total. The molecule has 0 amide bonds.